The third-order valence-corrected chi connectivity index (χ3v) is 35.7. The molecule has 8 atom stereocenters. The molecule has 4 heterocycles. The van der Waals surface area contributed by atoms with Crippen molar-refractivity contribution in [1.82, 2.24) is 0 Å². The van der Waals surface area contributed by atoms with E-state index in [1.165, 1.54) is 196 Å². The third kappa shape index (κ3) is 11.5. The van der Waals surface area contributed by atoms with E-state index in [1.54, 1.807) is 89.5 Å². The van der Waals surface area contributed by atoms with E-state index in [-0.39, 0.29) is 43.3 Å². The fourth-order valence-electron chi connectivity index (χ4n) is 30.4. The minimum absolute atomic E-state index is 0.207. The molecule has 0 N–H and O–H groups in total. The number of aromatic nitrogens is 4. The van der Waals surface area contributed by atoms with Gasteiger partial charge in [-0.25, -0.2) is 0 Å². The highest BCUT2D eigenvalue weighted by Crippen LogP contribution is 2.70. The van der Waals surface area contributed by atoms with Crippen LogP contribution in [0.1, 0.15) is 406 Å². The maximum atomic E-state index is 2.65. The van der Waals surface area contributed by atoms with Gasteiger partial charge < -0.3 is 0 Å². The van der Waals surface area contributed by atoms with Gasteiger partial charge in [0.05, 0.1) is 10.8 Å². The lowest BCUT2D eigenvalue weighted by Crippen LogP contribution is -2.56. The van der Waals surface area contributed by atoms with E-state index in [2.05, 4.69) is 337 Å². The van der Waals surface area contributed by atoms with Crippen LogP contribution in [0.5, 0.6) is 0 Å². The molecule has 4 nitrogen and oxygen atoms in total. The van der Waals surface area contributed by atoms with Crippen molar-refractivity contribution in [3.05, 3.63) is 209 Å². The highest BCUT2D eigenvalue weighted by atomic mass is 15.0. The van der Waals surface area contributed by atoms with Gasteiger partial charge in [0.2, 0.25) is 22.8 Å². The summed E-state index contributed by atoms with van der Waals surface area (Å²) < 4.78 is 10.5. The van der Waals surface area contributed by atoms with Crippen LogP contribution in [-0.2, 0) is 115 Å². The van der Waals surface area contributed by atoms with Crippen LogP contribution in [0.15, 0.2) is 97.1 Å². The van der Waals surface area contributed by atoms with E-state index in [1.807, 2.05) is 0 Å². The summed E-state index contributed by atoms with van der Waals surface area (Å²) in [5.74, 6) is 0. The van der Waals surface area contributed by atoms with Crippen molar-refractivity contribution in [1.29, 1.82) is 0 Å². The standard InChI is InChI=1S/C29H40N.2C28H38N.C27H36N/c1-19-11-9-10-12-20(19)24-22-21-23-25(30(24)8)27(4,5)14-16-29(23,7)18-17-28(21,6)15-13-26(22,2)3;1-18-11-9-10-12-19(18)23-21-20-22-24(29(23)8)25(2,3)13-14-27(22,6)15-16-28(20,7)17-26(21,4)5;1-18-11-9-10-12-19(18)23-21-20-22-24(29(23)8)26(4,5)17-28(22,7)16-15-27(20,6)14-13-25(21,2)3;1-17-11-9-10-12-18(17)22-20-19-21-23(28(22)8)25(4,5)16-27(21,7)14-13-26(19,6)15-24(20,2)3/h9-12H,13-18H2,1-8H3;2*9-12H,13-17H2,1-8H3;9-12H,13-16H2,1-8H3/q4*+1. The Morgan fingerprint density at radius 1 is 0.181 bits per heavy atom. The Labute approximate surface area is 704 Å². The fourth-order valence-corrected chi connectivity index (χ4v) is 30.4. The number of benzene rings is 4. The average molecular weight is 1550 g/mol. The van der Waals surface area contributed by atoms with Gasteiger partial charge >= 0.3 is 0 Å². The molecule has 0 saturated carbocycles. The number of hydrogen-bond acceptors (Lipinski definition) is 0. The van der Waals surface area contributed by atoms with E-state index in [0.717, 1.165) is 0 Å². The van der Waals surface area contributed by atoms with E-state index in [0.29, 0.717) is 43.3 Å². The van der Waals surface area contributed by atoms with Crippen molar-refractivity contribution < 1.29 is 18.3 Å². The molecule has 20 rings (SSSR count). The second kappa shape index (κ2) is 25.5. The quantitative estimate of drug-likeness (QED) is 0.156. The molecule has 4 aromatic heterocycles. The molecular weight excluding hydrogens is 1400 g/mol. The zero-order valence-corrected chi connectivity index (χ0v) is 79.2. The molecule has 0 radical (unpaired) electrons. The molecule has 12 aliphatic carbocycles. The van der Waals surface area contributed by atoms with Gasteiger partial charge in [0, 0.05) is 88.4 Å². The monoisotopic (exact) mass is 1550 g/mol. The van der Waals surface area contributed by atoms with Gasteiger partial charge in [-0.15, -0.1) is 0 Å². The second-order valence-electron chi connectivity index (χ2n) is 49.0. The van der Waals surface area contributed by atoms with Crippen LogP contribution in [0, 0.1) is 27.7 Å². The minimum Gasteiger partial charge on any atom is -0.197 e. The Bertz CT molecular complexity index is 5520. The summed E-state index contributed by atoms with van der Waals surface area (Å²) in [6, 6.07) is 36.1. The molecule has 0 spiro atoms. The zero-order valence-electron chi connectivity index (χ0n) is 79.2. The molecule has 0 saturated heterocycles. The highest BCUT2D eigenvalue weighted by molar-refractivity contribution is 5.77. The van der Waals surface area contributed by atoms with Crippen molar-refractivity contribution in [2.75, 3.05) is 0 Å². The summed E-state index contributed by atoms with van der Waals surface area (Å²) in [6.45, 7) is 69.6. The molecule has 12 aliphatic rings. The fraction of sp³-hybridized carbons (Fsp3) is 0.607. The molecule has 616 valence electrons. The molecule has 0 bridgehead atoms. The van der Waals surface area contributed by atoms with Crippen LogP contribution in [0.3, 0.4) is 0 Å². The Morgan fingerprint density at radius 3 is 0.612 bits per heavy atom. The van der Waals surface area contributed by atoms with Crippen LogP contribution in [0.2, 0.25) is 0 Å². The summed E-state index contributed by atoms with van der Waals surface area (Å²) in [7, 11) is 9.44. The van der Waals surface area contributed by atoms with Crippen molar-refractivity contribution in [3.63, 3.8) is 0 Å². The number of pyridine rings is 4. The first-order chi connectivity index (χ1) is 53.7. The summed E-state index contributed by atoms with van der Waals surface area (Å²) in [5.41, 5.74) is 48.6. The lowest BCUT2D eigenvalue weighted by molar-refractivity contribution is -0.673. The lowest BCUT2D eigenvalue weighted by atomic mass is 9.49. The zero-order chi connectivity index (χ0) is 83.9. The number of nitrogens with zero attached hydrogens (tertiary/aromatic N) is 4. The van der Waals surface area contributed by atoms with E-state index >= 15 is 0 Å². The molecular formula is C112H152N4+4. The van der Waals surface area contributed by atoms with E-state index in [4.69, 9.17) is 0 Å². The molecule has 4 aromatic carbocycles. The van der Waals surface area contributed by atoms with Crippen molar-refractivity contribution in [2.24, 2.45) is 28.2 Å². The van der Waals surface area contributed by atoms with Crippen molar-refractivity contribution >= 4 is 0 Å². The van der Waals surface area contributed by atoms with Gasteiger partial charge in [-0.1, -0.05) is 184 Å². The topological polar surface area (TPSA) is 15.5 Å². The summed E-state index contributed by atoms with van der Waals surface area (Å²) in [6.07, 6.45) is 26.3. The number of aryl methyl sites for hydroxylation is 4. The molecule has 0 amide bonds. The predicted molar refractivity (Wildman–Crippen MR) is 487 cm³/mol. The maximum Gasteiger partial charge on any atom is 0.216 e. The van der Waals surface area contributed by atoms with Crippen LogP contribution in [-0.4, -0.2) is 0 Å². The van der Waals surface area contributed by atoms with Crippen LogP contribution in [0.25, 0.3) is 45.0 Å². The van der Waals surface area contributed by atoms with Gasteiger partial charge in [-0.3, -0.25) is 0 Å². The van der Waals surface area contributed by atoms with Crippen LogP contribution < -0.4 is 18.3 Å². The summed E-state index contributed by atoms with van der Waals surface area (Å²) >= 11 is 0. The van der Waals surface area contributed by atoms with Crippen LogP contribution >= 0.6 is 0 Å². The van der Waals surface area contributed by atoms with Gasteiger partial charge in [0.15, 0.2) is 22.8 Å². The third-order valence-electron chi connectivity index (χ3n) is 35.7. The van der Waals surface area contributed by atoms with Gasteiger partial charge in [-0.2, -0.15) is 18.3 Å². The predicted octanol–water partition coefficient (Wildman–Crippen LogP) is 26.2. The Hall–Kier alpha value is -6.52. The smallest absolute Gasteiger partial charge is 0.197 e. The van der Waals surface area contributed by atoms with Crippen LogP contribution in [0.4, 0.5) is 0 Å². The second-order valence-corrected chi connectivity index (χ2v) is 49.0. The first kappa shape index (κ1) is 81.8. The summed E-state index contributed by atoms with van der Waals surface area (Å²) in [5, 5.41) is 0. The summed E-state index contributed by atoms with van der Waals surface area (Å²) in [4.78, 5) is 0. The Morgan fingerprint density at radius 2 is 0.353 bits per heavy atom. The first-order valence-corrected chi connectivity index (χ1v) is 46.4. The number of hydrogen-bond donors (Lipinski definition) is 0. The highest BCUT2D eigenvalue weighted by Gasteiger charge is 2.66. The van der Waals surface area contributed by atoms with Gasteiger partial charge in [0.25, 0.3) is 0 Å². The molecule has 4 heteroatoms. The Kier molecular flexibility index (Phi) is 18.0. The molecule has 8 unspecified atom stereocenters. The average Bonchev–Trinajstić information content (AvgIpc) is 1.28. The SMILES string of the molecule is Cc1ccccc1-c1c2c3c4c([n+]1C)C(C)(C)CC4(C)CCC3(C)CC2(C)C.Cc1ccccc1-c1c2c3c4c([n+]1C)C(C)(C)CC4(C)CCC3(C)CCC2(C)C.Cc1ccccc1-c1c2c3c4c([n+]1C)C(C)(C)CCC4(C)CCC3(C)CC2(C)C.Cc1ccccc1-c1c2c3c4c([n+]1C)C(C)(C)CCC4(C)CCC3(C)CCC2(C)C. The minimum atomic E-state index is 0.207. The maximum absolute atomic E-state index is 2.65. The van der Waals surface area contributed by atoms with Gasteiger partial charge in [0.1, 0.15) is 28.2 Å². The molecule has 8 aromatic rings. The van der Waals surface area contributed by atoms with Crippen molar-refractivity contribution in [2.45, 2.75) is 409 Å². The number of rotatable bonds is 4. The Balaban J connectivity index is 0.000000111. The van der Waals surface area contributed by atoms with E-state index < -0.39 is 0 Å². The first-order valence-electron chi connectivity index (χ1n) is 46.4. The molecule has 116 heavy (non-hydrogen) atoms. The van der Waals surface area contributed by atoms with Crippen molar-refractivity contribution in [3.8, 4) is 45.0 Å². The normalized spacial score (nSPS) is 30.9. The van der Waals surface area contributed by atoms with Gasteiger partial charge in [-0.05, 0) is 334 Å². The molecule has 0 fully saturated rings. The van der Waals surface area contributed by atoms with E-state index in [9.17, 15) is 0 Å². The molecule has 0 aliphatic heterocycles. The lowest BCUT2D eigenvalue weighted by Gasteiger charge is -2.54. The largest absolute Gasteiger partial charge is 0.216 e.